The van der Waals surface area contributed by atoms with Crippen molar-refractivity contribution in [2.45, 2.75) is 26.8 Å². The molecule has 0 radical (unpaired) electrons. The summed E-state index contributed by atoms with van der Waals surface area (Å²) in [5, 5.41) is 3.34. The normalized spacial score (nSPS) is 10.1. The maximum Gasteiger partial charge on any atom is 0.310 e. The van der Waals surface area contributed by atoms with Crippen LogP contribution in [0.1, 0.15) is 24.5 Å². The first-order valence-electron chi connectivity index (χ1n) is 6.77. The first kappa shape index (κ1) is 14.1. The van der Waals surface area contributed by atoms with Crippen molar-refractivity contribution in [2.24, 2.45) is 0 Å². The van der Waals surface area contributed by atoms with Crippen LogP contribution in [0, 0.1) is 6.92 Å². The average Bonchev–Trinajstić information content (AvgIpc) is 2.46. The van der Waals surface area contributed by atoms with E-state index in [4.69, 9.17) is 4.74 Å². The van der Waals surface area contributed by atoms with E-state index < -0.39 is 0 Å². The van der Waals surface area contributed by atoms with E-state index in [2.05, 4.69) is 36.5 Å². The molecule has 2 aromatic rings. The van der Waals surface area contributed by atoms with Crippen LogP contribution in [0.2, 0.25) is 0 Å². The fraction of sp³-hybridized carbons (Fsp3) is 0.235. The van der Waals surface area contributed by atoms with Crippen molar-refractivity contribution in [1.82, 2.24) is 0 Å². The molecule has 0 aliphatic heterocycles. The molecule has 0 unspecified atom stereocenters. The zero-order chi connectivity index (χ0) is 14.4. The minimum absolute atomic E-state index is 0.217. The number of carbonyl (C=O) groups excluding carboxylic acids is 1. The number of hydrogen-bond donors (Lipinski definition) is 1. The van der Waals surface area contributed by atoms with E-state index >= 15 is 0 Å². The Balaban J connectivity index is 1.92. The van der Waals surface area contributed by atoms with E-state index in [0.717, 1.165) is 12.2 Å². The van der Waals surface area contributed by atoms with Crippen molar-refractivity contribution >= 4 is 11.7 Å². The van der Waals surface area contributed by atoms with Crippen LogP contribution in [0.4, 0.5) is 5.69 Å². The second-order valence-corrected chi connectivity index (χ2v) is 4.69. The lowest BCUT2D eigenvalue weighted by atomic mass is 10.1. The lowest BCUT2D eigenvalue weighted by Gasteiger charge is -2.08. The van der Waals surface area contributed by atoms with Crippen LogP contribution >= 0.6 is 0 Å². The minimum atomic E-state index is -0.217. The molecule has 0 atom stereocenters. The number of nitrogens with one attached hydrogen (secondary N) is 1. The Hall–Kier alpha value is -2.29. The van der Waals surface area contributed by atoms with E-state index in [1.165, 1.54) is 11.1 Å². The molecule has 20 heavy (non-hydrogen) atoms. The summed E-state index contributed by atoms with van der Waals surface area (Å²) in [6.45, 7) is 4.64. The molecule has 0 aliphatic rings. The van der Waals surface area contributed by atoms with Gasteiger partial charge in [0.15, 0.2) is 0 Å². The number of carbonyl (C=O) groups is 1. The monoisotopic (exact) mass is 269 g/mol. The van der Waals surface area contributed by atoms with Gasteiger partial charge in [-0.15, -0.1) is 0 Å². The van der Waals surface area contributed by atoms with Gasteiger partial charge in [-0.05, 0) is 36.8 Å². The van der Waals surface area contributed by atoms with Crippen molar-refractivity contribution < 1.29 is 9.53 Å². The lowest BCUT2D eigenvalue weighted by molar-refractivity contribution is -0.134. The average molecular weight is 269 g/mol. The Labute approximate surface area is 119 Å². The van der Waals surface area contributed by atoms with Crippen LogP contribution in [0.3, 0.4) is 0 Å². The fourth-order valence-corrected chi connectivity index (χ4v) is 1.87. The number of anilines is 1. The van der Waals surface area contributed by atoms with Crippen LogP contribution in [0.25, 0.3) is 0 Å². The van der Waals surface area contributed by atoms with Crippen LogP contribution in [-0.2, 0) is 11.3 Å². The predicted molar refractivity (Wildman–Crippen MR) is 80.9 cm³/mol. The van der Waals surface area contributed by atoms with Gasteiger partial charge in [0.05, 0.1) is 0 Å². The standard InChI is InChI=1S/C17H19NO2/c1-3-17(19)20-16-9-7-15(8-10-16)18-12-14-6-4-5-13(2)11-14/h4-11,18H,3,12H2,1-2H3. The summed E-state index contributed by atoms with van der Waals surface area (Å²) in [5.74, 6) is 0.364. The van der Waals surface area contributed by atoms with E-state index in [1.54, 1.807) is 19.1 Å². The SMILES string of the molecule is CCC(=O)Oc1ccc(NCc2cccc(C)c2)cc1. The summed E-state index contributed by atoms with van der Waals surface area (Å²) in [6, 6.07) is 15.8. The first-order chi connectivity index (χ1) is 9.67. The predicted octanol–water partition coefficient (Wildman–Crippen LogP) is 3.92. The number of hydrogen-bond acceptors (Lipinski definition) is 3. The zero-order valence-corrected chi connectivity index (χ0v) is 11.8. The van der Waals surface area contributed by atoms with E-state index in [0.29, 0.717) is 12.2 Å². The van der Waals surface area contributed by atoms with Gasteiger partial charge in [0.2, 0.25) is 0 Å². The molecular weight excluding hydrogens is 250 g/mol. The Morgan fingerprint density at radius 1 is 1.15 bits per heavy atom. The number of rotatable bonds is 5. The molecule has 0 bridgehead atoms. The molecular formula is C17H19NO2. The van der Waals surface area contributed by atoms with E-state index in [1.807, 2.05) is 12.1 Å². The summed E-state index contributed by atoms with van der Waals surface area (Å²) in [5.41, 5.74) is 3.50. The second-order valence-electron chi connectivity index (χ2n) is 4.69. The number of benzene rings is 2. The Bertz CT molecular complexity index is 576. The summed E-state index contributed by atoms with van der Waals surface area (Å²) in [7, 11) is 0. The largest absolute Gasteiger partial charge is 0.427 e. The van der Waals surface area contributed by atoms with Gasteiger partial charge in [-0.2, -0.15) is 0 Å². The van der Waals surface area contributed by atoms with Gasteiger partial charge < -0.3 is 10.1 Å². The van der Waals surface area contributed by atoms with E-state index in [-0.39, 0.29) is 5.97 Å². The van der Waals surface area contributed by atoms with Gasteiger partial charge in [-0.3, -0.25) is 4.79 Å². The Morgan fingerprint density at radius 3 is 2.55 bits per heavy atom. The molecule has 0 spiro atoms. The summed E-state index contributed by atoms with van der Waals surface area (Å²) in [4.78, 5) is 11.2. The van der Waals surface area contributed by atoms with Crippen LogP contribution < -0.4 is 10.1 Å². The number of aryl methyl sites for hydroxylation is 1. The summed E-state index contributed by atoms with van der Waals surface area (Å²) in [6.07, 6.45) is 0.382. The molecule has 1 N–H and O–H groups in total. The molecule has 104 valence electrons. The van der Waals surface area contributed by atoms with E-state index in [9.17, 15) is 4.79 Å². The highest BCUT2D eigenvalue weighted by atomic mass is 16.5. The molecule has 0 fully saturated rings. The third kappa shape index (κ3) is 4.12. The van der Waals surface area contributed by atoms with Crippen LogP contribution in [0.15, 0.2) is 48.5 Å². The van der Waals surface area contributed by atoms with Gasteiger partial charge in [0, 0.05) is 18.7 Å². The molecule has 2 rings (SSSR count). The molecule has 0 saturated carbocycles. The van der Waals surface area contributed by atoms with Gasteiger partial charge in [-0.25, -0.2) is 0 Å². The van der Waals surface area contributed by atoms with Crippen LogP contribution in [0.5, 0.6) is 5.75 Å². The molecule has 0 amide bonds. The molecule has 0 heterocycles. The third-order valence-electron chi connectivity index (χ3n) is 2.95. The van der Waals surface area contributed by atoms with Crippen molar-refractivity contribution in [1.29, 1.82) is 0 Å². The summed E-state index contributed by atoms with van der Waals surface area (Å²) >= 11 is 0. The highest BCUT2D eigenvalue weighted by molar-refractivity contribution is 5.72. The molecule has 0 aromatic heterocycles. The highest BCUT2D eigenvalue weighted by Crippen LogP contribution is 2.17. The maximum atomic E-state index is 11.2. The first-order valence-corrected chi connectivity index (χ1v) is 6.77. The van der Waals surface area contributed by atoms with Crippen molar-refractivity contribution in [3.05, 3.63) is 59.7 Å². The van der Waals surface area contributed by atoms with Gasteiger partial charge in [0.1, 0.15) is 5.75 Å². The Kier molecular flexibility index (Phi) is 4.77. The van der Waals surface area contributed by atoms with Gasteiger partial charge in [0.25, 0.3) is 0 Å². The second kappa shape index (κ2) is 6.75. The zero-order valence-electron chi connectivity index (χ0n) is 11.8. The molecule has 0 aliphatic carbocycles. The maximum absolute atomic E-state index is 11.2. The number of ether oxygens (including phenoxy) is 1. The molecule has 0 saturated heterocycles. The molecule has 3 nitrogen and oxygen atoms in total. The van der Waals surface area contributed by atoms with Crippen LogP contribution in [-0.4, -0.2) is 5.97 Å². The third-order valence-corrected chi connectivity index (χ3v) is 2.95. The van der Waals surface area contributed by atoms with Gasteiger partial charge in [-0.1, -0.05) is 36.8 Å². The lowest BCUT2D eigenvalue weighted by Crippen LogP contribution is -2.05. The number of esters is 1. The van der Waals surface area contributed by atoms with Crippen molar-refractivity contribution in [3.63, 3.8) is 0 Å². The molecule has 2 aromatic carbocycles. The quantitative estimate of drug-likeness (QED) is 0.660. The van der Waals surface area contributed by atoms with Crippen molar-refractivity contribution in [2.75, 3.05) is 5.32 Å². The Morgan fingerprint density at radius 2 is 1.90 bits per heavy atom. The fourth-order valence-electron chi connectivity index (χ4n) is 1.87. The van der Waals surface area contributed by atoms with Gasteiger partial charge >= 0.3 is 5.97 Å². The minimum Gasteiger partial charge on any atom is -0.427 e. The highest BCUT2D eigenvalue weighted by Gasteiger charge is 2.01. The smallest absolute Gasteiger partial charge is 0.310 e. The van der Waals surface area contributed by atoms with Crippen molar-refractivity contribution in [3.8, 4) is 5.75 Å². The summed E-state index contributed by atoms with van der Waals surface area (Å²) < 4.78 is 5.13. The molecule has 3 heteroatoms. The topological polar surface area (TPSA) is 38.3 Å².